The summed E-state index contributed by atoms with van der Waals surface area (Å²) >= 11 is 1.73. The van der Waals surface area contributed by atoms with Crippen molar-refractivity contribution in [3.63, 3.8) is 0 Å². The van der Waals surface area contributed by atoms with Crippen molar-refractivity contribution in [2.75, 3.05) is 0 Å². The Bertz CT molecular complexity index is 2000. The van der Waals surface area contributed by atoms with Crippen LogP contribution in [0.25, 0.3) is 0 Å². The molecular formula is C43H39Cl2O3P5Zr. The molecule has 7 rings (SSSR count). The van der Waals surface area contributed by atoms with E-state index in [0.717, 1.165) is 0 Å². The van der Waals surface area contributed by atoms with Crippen LogP contribution in [-0.4, -0.2) is 0 Å². The van der Waals surface area contributed by atoms with Crippen molar-refractivity contribution in [2.45, 2.75) is 20.8 Å². The number of benzene rings is 6. The third kappa shape index (κ3) is 8.80. The first-order chi connectivity index (χ1) is 25.1. The molecule has 0 aliphatic heterocycles. The maximum atomic E-state index is 16.5. The SMILES string of the molecule is Cc1p[p]([Zr+3])c(C)c1C.O=P(c1ccccc1)(c1ccccc1)[C-](P(=O)(c1ccccc1)c1ccccc1)P(=O)(c1ccccc1)c1ccccc1.[Cl-].[Cl-]. The molecule has 1 atom stereocenters. The molecule has 3 nitrogen and oxygen atoms in total. The van der Waals surface area contributed by atoms with Crippen molar-refractivity contribution in [2.24, 2.45) is 0 Å². The third-order valence-corrected chi connectivity index (χ3v) is 31.0. The van der Waals surface area contributed by atoms with Crippen LogP contribution in [0.5, 0.6) is 0 Å². The summed E-state index contributed by atoms with van der Waals surface area (Å²) < 4.78 is 49.9. The van der Waals surface area contributed by atoms with E-state index in [1.807, 2.05) is 109 Å². The number of aryl methyl sites for hydroxylation is 1. The van der Waals surface area contributed by atoms with E-state index >= 15 is 13.7 Å². The van der Waals surface area contributed by atoms with E-state index < -0.39 is 21.4 Å². The zero-order chi connectivity index (χ0) is 36.8. The minimum absolute atomic E-state index is 0. The van der Waals surface area contributed by atoms with Gasteiger partial charge in [-0.05, 0) is 31.8 Å². The van der Waals surface area contributed by atoms with Crippen molar-refractivity contribution in [3.8, 4) is 0 Å². The van der Waals surface area contributed by atoms with Gasteiger partial charge in [-0.15, -0.1) is 0 Å². The van der Waals surface area contributed by atoms with Crippen LogP contribution in [0.2, 0.25) is 0 Å². The maximum absolute atomic E-state index is 16.5. The first-order valence-corrected chi connectivity index (χ1v) is 28.3. The van der Waals surface area contributed by atoms with E-state index in [4.69, 9.17) is 0 Å². The Kier molecular flexibility index (Phi) is 16.2. The summed E-state index contributed by atoms with van der Waals surface area (Å²) in [5.74, 6) is 0. The van der Waals surface area contributed by atoms with Gasteiger partial charge < -0.3 is 38.5 Å². The molecule has 0 aliphatic carbocycles. The van der Waals surface area contributed by atoms with Crippen LogP contribution in [0.3, 0.4) is 0 Å². The molecule has 6 aromatic carbocycles. The molecule has 11 heteroatoms. The molecule has 0 amide bonds. The van der Waals surface area contributed by atoms with Crippen molar-refractivity contribution in [1.82, 2.24) is 0 Å². The predicted octanol–water partition coefficient (Wildman–Crippen LogP) is 4.97. The van der Waals surface area contributed by atoms with Gasteiger partial charge in [0.2, 0.25) is 0 Å². The van der Waals surface area contributed by atoms with Crippen molar-refractivity contribution < 1.29 is 62.6 Å². The van der Waals surface area contributed by atoms with Crippen molar-refractivity contribution in [1.29, 1.82) is 0 Å². The molecule has 0 bridgehead atoms. The molecule has 1 aromatic heterocycles. The monoisotopic (exact) mass is 918 g/mol. The van der Waals surface area contributed by atoms with Crippen LogP contribution >= 0.6 is 33.8 Å². The fourth-order valence-electron chi connectivity index (χ4n) is 6.28. The van der Waals surface area contributed by atoms with E-state index in [1.165, 1.54) is 0 Å². The van der Waals surface area contributed by atoms with E-state index in [9.17, 15) is 0 Å². The van der Waals surface area contributed by atoms with Crippen LogP contribution in [0.1, 0.15) is 16.2 Å². The Morgan fingerprint density at radius 3 is 0.759 bits per heavy atom. The van der Waals surface area contributed by atoms with Gasteiger partial charge in [-0.2, -0.15) is 0 Å². The van der Waals surface area contributed by atoms with Crippen molar-refractivity contribution >= 4 is 65.6 Å². The average molecular weight is 921 g/mol. The first-order valence-electron chi connectivity index (χ1n) is 16.9. The van der Waals surface area contributed by atoms with Crippen LogP contribution < -0.4 is 56.6 Å². The minimum atomic E-state index is -4.05. The summed E-state index contributed by atoms with van der Waals surface area (Å²) in [5.41, 5.74) is 1.58. The molecule has 272 valence electrons. The Labute approximate surface area is 349 Å². The molecule has 0 saturated heterocycles. The van der Waals surface area contributed by atoms with Crippen LogP contribution in [-0.2, 0) is 37.8 Å². The fraction of sp³-hybridized carbons (Fsp3) is 0.0698. The summed E-state index contributed by atoms with van der Waals surface area (Å²) in [7, 11) is -10.5. The molecule has 0 fully saturated rings. The summed E-state index contributed by atoms with van der Waals surface area (Å²) in [6, 6.07) is 54.7. The van der Waals surface area contributed by atoms with E-state index in [1.54, 1.807) is 121 Å². The van der Waals surface area contributed by atoms with Gasteiger partial charge in [0.1, 0.15) is 0 Å². The smallest absolute Gasteiger partial charge is 0.0277 e. The van der Waals surface area contributed by atoms with Crippen LogP contribution in [0.4, 0.5) is 0 Å². The molecule has 0 N–H and O–H groups in total. The Morgan fingerprint density at radius 2 is 0.630 bits per heavy atom. The molecular weight excluding hydrogens is 881 g/mol. The van der Waals surface area contributed by atoms with Crippen LogP contribution in [0.15, 0.2) is 182 Å². The molecule has 7 aromatic rings. The zero-order valence-electron chi connectivity index (χ0n) is 30.0. The van der Waals surface area contributed by atoms with Crippen LogP contribution in [0, 0.1) is 25.9 Å². The number of rotatable bonds is 9. The summed E-state index contributed by atoms with van der Waals surface area (Å²) in [4.78, 5) is 0. The molecule has 0 radical (unpaired) electrons. The fourth-order valence-corrected chi connectivity index (χ4v) is 29.2. The second-order valence-electron chi connectivity index (χ2n) is 12.3. The summed E-state index contributed by atoms with van der Waals surface area (Å²) in [5, 5.41) is 6.25. The quantitative estimate of drug-likeness (QED) is 0.152. The normalized spacial score (nSPS) is 11.9. The Morgan fingerprint density at radius 1 is 0.426 bits per heavy atom. The second-order valence-corrected chi connectivity index (χ2v) is 31.5. The van der Waals surface area contributed by atoms with Gasteiger partial charge in [0, 0.05) is 21.4 Å². The van der Waals surface area contributed by atoms with Gasteiger partial charge in [-0.25, -0.2) is 0 Å². The third-order valence-electron chi connectivity index (χ3n) is 9.22. The average Bonchev–Trinajstić information content (AvgIpc) is 3.44. The number of hydrogen-bond donors (Lipinski definition) is 0. The van der Waals surface area contributed by atoms with Gasteiger partial charge in [-0.1, -0.05) is 187 Å². The molecule has 54 heavy (non-hydrogen) atoms. The van der Waals surface area contributed by atoms with Gasteiger partial charge in [0.05, 0.1) is 0 Å². The molecule has 0 spiro atoms. The Hall–Kier alpha value is -2.32. The number of hydrogen-bond acceptors (Lipinski definition) is 3. The molecule has 1 unspecified atom stereocenters. The van der Waals surface area contributed by atoms with Crippen molar-refractivity contribution in [3.05, 3.63) is 203 Å². The maximum Gasteiger partial charge on any atom is 0.0277 e. The zero-order valence-corrected chi connectivity index (χ0v) is 38.5. The second kappa shape index (κ2) is 19.7. The summed E-state index contributed by atoms with van der Waals surface area (Å²) in [6.07, 6.45) is 0. The molecule has 0 aliphatic rings. The molecule has 0 saturated carbocycles. The van der Waals surface area contributed by atoms with E-state index in [0.29, 0.717) is 36.3 Å². The predicted molar refractivity (Wildman–Crippen MR) is 224 cm³/mol. The van der Waals surface area contributed by atoms with Gasteiger partial charge >= 0.3 is 73.4 Å². The van der Waals surface area contributed by atoms with E-state index in [2.05, 4.69) is 20.8 Å². The van der Waals surface area contributed by atoms with Gasteiger partial charge in [0.25, 0.3) is 0 Å². The molecule has 1 heterocycles. The van der Waals surface area contributed by atoms with E-state index in [-0.39, 0.29) is 30.0 Å². The number of halogens is 2. The minimum Gasteiger partial charge on any atom is -1.00 e. The standard InChI is InChI=1S/C37H30O3P3.C6H9P2.2ClH.Zr/c38-41(31-19-7-1-8-20-31,32-21-9-2-10-22-32)37(42(39,33-23-11-3-12-24-33)34-25-13-4-14-26-34)43(40,35-27-15-5-16-28-35)36-29-17-6-18-30-36;1-4-5(2)7-8-6(4)3;;;/h1-30H;1-3H3;2*1H;/q2*-1;;;+4/p-2. The first kappa shape index (κ1) is 44.4. The van der Waals surface area contributed by atoms with Gasteiger partial charge in [0.15, 0.2) is 0 Å². The van der Waals surface area contributed by atoms with Gasteiger partial charge in [-0.3, -0.25) is 0 Å². The summed E-state index contributed by atoms with van der Waals surface area (Å²) in [6.45, 7) is 6.80. The Balaban J connectivity index is 0.000000520. The largest absolute Gasteiger partial charge is 1.00 e. The topological polar surface area (TPSA) is 51.2 Å².